The van der Waals surface area contributed by atoms with Crippen LogP contribution in [0, 0.1) is 11.6 Å². The summed E-state index contributed by atoms with van der Waals surface area (Å²) < 4.78 is 35.4. The number of pyridine rings is 1. The normalized spacial score (nSPS) is 16.7. The Morgan fingerprint density at radius 1 is 1.11 bits per heavy atom. The zero-order valence-electron chi connectivity index (χ0n) is 19.8. The van der Waals surface area contributed by atoms with E-state index in [9.17, 15) is 23.2 Å². The third-order valence-corrected chi connectivity index (χ3v) is 7.09. The Morgan fingerprint density at radius 2 is 1.89 bits per heavy atom. The fourth-order valence-electron chi connectivity index (χ4n) is 4.78. The predicted molar refractivity (Wildman–Crippen MR) is 133 cm³/mol. The maximum absolute atomic E-state index is 14.3. The molecule has 0 aliphatic carbocycles. The van der Waals surface area contributed by atoms with Gasteiger partial charge in [-0.25, -0.2) is 8.78 Å². The van der Waals surface area contributed by atoms with Crippen molar-refractivity contribution in [2.24, 2.45) is 0 Å². The zero-order chi connectivity index (χ0) is 26.1. The molecule has 0 radical (unpaired) electrons. The molecule has 3 aromatic rings. The van der Waals surface area contributed by atoms with Crippen LogP contribution in [0.3, 0.4) is 0 Å². The van der Waals surface area contributed by atoms with Gasteiger partial charge >= 0.3 is 0 Å². The molecule has 2 aliphatic heterocycles. The molecule has 1 atom stereocenters. The highest BCUT2D eigenvalue weighted by Gasteiger charge is 2.37. The van der Waals surface area contributed by atoms with Gasteiger partial charge in [0.25, 0.3) is 11.8 Å². The molecule has 5 rings (SSSR count). The van der Waals surface area contributed by atoms with Gasteiger partial charge in [0.15, 0.2) is 11.4 Å². The molecule has 2 aromatic carbocycles. The molecule has 2 aliphatic rings. The van der Waals surface area contributed by atoms with Crippen molar-refractivity contribution >= 4 is 23.4 Å². The molecular weight excluding hydrogens is 504 g/mol. The van der Waals surface area contributed by atoms with Crippen LogP contribution in [0.15, 0.2) is 53.5 Å². The Balaban J connectivity index is 1.52. The van der Waals surface area contributed by atoms with E-state index in [2.05, 4.69) is 5.32 Å². The van der Waals surface area contributed by atoms with Gasteiger partial charge in [0.2, 0.25) is 5.43 Å². The summed E-state index contributed by atoms with van der Waals surface area (Å²) in [5, 5.41) is 1.83. The topological polar surface area (TPSA) is 80.6 Å². The van der Waals surface area contributed by atoms with Gasteiger partial charge in [0.1, 0.15) is 28.8 Å². The second kappa shape index (κ2) is 10.3. The summed E-state index contributed by atoms with van der Waals surface area (Å²) >= 11 is 5.63. The van der Waals surface area contributed by atoms with Crippen LogP contribution in [0.2, 0.25) is 5.02 Å². The molecule has 0 saturated carbocycles. The lowest BCUT2D eigenvalue weighted by Gasteiger charge is -2.35. The summed E-state index contributed by atoms with van der Waals surface area (Å²) in [6.45, 7) is 0.788. The minimum absolute atomic E-state index is 0.0331. The van der Waals surface area contributed by atoms with Gasteiger partial charge in [-0.3, -0.25) is 14.4 Å². The Labute approximate surface area is 216 Å². The first-order chi connectivity index (χ1) is 17.8. The maximum atomic E-state index is 14.3. The molecule has 2 bridgehead atoms. The molecule has 1 N–H and O–H groups in total. The largest absolute Gasteiger partial charge is 0.483 e. The van der Waals surface area contributed by atoms with Crippen molar-refractivity contribution in [3.8, 4) is 5.75 Å². The predicted octanol–water partition coefficient (Wildman–Crippen LogP) is 4.47. The van der Waals surface area contributed by atoms with E-state index in [-0.39, 0.29) is 47.7 Å². The zero-order valence-corrected chi connectivity index (χ0v) is 20.6. The van der Waals surface area contributed by atoms with E-state index < -0.39 is 28.0 Å². The molecule has 10 heteroatoms. The van der Waals surface area contributed by atoms with Gasteiger partial charge in [-0.2, -0.15) is 0 Å². The number of carbonyl (C=O) groups is 2. The quantitative estimate of drug-likeness (QED) is 0.480. The number of halogens is 3. The van der Waals surface area contributed by atoms with Crippen molar-refractivity contribution in [2.75, 3.05) is 13.1 Å². The Morgan fingerprint density at radius 3 is 2.68 bits per heavy atom. The summed E-state index contributed by atoms with van der Waals surface area (Å²) in [7, 11) is 0. The summed E-state index contributed by atoms with van der Waals surface area (Å²) in [5.74, 6) is -3.17. The molecule has 3 heterocycles. The third-order valence-electron chi connectivity index (χ3n) is 6.75. The van der Waals surface area contributed by atoms with Gasteiger partial charge in [-0.15, -0.1) is 0 Å². The molecule has 37 heavy (non-hydrogen) atoms. The number of ether oxygens (including phenoxy) is 1. The molecule has 1 saturated heterocycles. The van der Waals surface area contributed by atoms with Gasteiger partial charge in [-0.05, 0) is 30.9 Å². The van der Waals surface area contributed by atoms with Crippen molar-refractivity contribution in [3.05, 3.63) is 97.9 Å². The lowest BCUT2D eigenvalue weighted by molar-refractivity contribution is 0.0673. The third kappa shape index (κ3) is 4.83. The van der Waals surface area contributed by atoms with Gasteiger partial charge in [0.05, 0.1) is 6.04 Å². The molecule has 192 valence electrons. The number of aromatic nitrogens is 1. The second-order valence-electron chi connectivity index (χ2n) is 9.15. The monoisotopic (exact) mass is 527 g/mol. The fraction of sp³-hybridized carbons (Fsp3) is 0.296. The van der Waals surface area contributed by atoms with Crippen LogP contribution in [-0.4, -0.2) is 34.4 Å². The molecule has 1 aromatic heterocycles. The van der Waals surface area contributed by atoms with Crippen LogP contribution >= 0.6 is 11.6 Å². The highest BCUT2D eigenvalue weighted by atomic mass is 35.5. The SMILES string of the molecule is O=C(NCc1ccc(F)c(Cl)c1F)c1cn2c(c(OCc3ccccc3)c1=O)C(=O)N1CCCCC2C1. The Bertz CT molecular complexity index is 1430. The molecule has 7 nitrogen and oxygen atoms in total. The van der Waals surface area contributed by atoms with Crippen LogP contribution in [-0.2, 0) is 13.2 Å². The van der Waals surface area contributed by atoms with Crippen LogP contribution in [0.25, 0.3) is 0 Å². The summed E-state index contributed by atoms with van der Waals surface area (Å²) in [6.07, 6.45) is 3.91. The number of rotatable bonds is 6. The minimum Gasteiger partial charge on any atom is -0.483 e. The van der Waals surface area contributed by atoms with E-state index >= 15 is 0 Å². The number of benzene rings is 2. The van der Waals surface area contributed by atoms with E-state index in [4.69, 9.17) is 16.3 Å². The van der Waals surface area contributed by atoms with E-state index in [0.717, 1.165) is 30.9 Å². The standard InChI is InChI=1S/C27H24ClF2N3O4/c28-21-20(29)10-9-17(22(21)30)12-31-26(35)19-14-33-18-8-4-5-11-32(13-18)27(36)23(33)25(24(19)34)37-15-16-6-2-1-3-7-16/h1-3,6-7,9-10,14,18H,4-5,8,11-13,15H2,(H,31,35). The summed E-state index contributed by atoms with van der Waals surface area (Å²) in [6, 6.07) is 11.2. The summed E-state index contributed by atoms with van der Waals surface area (Å²) in [5.41, 5.74) is -0.0727. The fourth-order valence-corrected chi connectivity index (χ4v) is 4.97. The second-order valence-corrected chi connectivity index (χ2v) is 9.53. The van der Waals surface area contributed by atoms with Crippen molar-refractivity contribution in [1.82, 2.24) is 14.8 Å². The Kier molecular flexibility index (Phi) is 6.97. The number of carbonyl (C=O) groups excluding carboxylic acids is 2. The molecular formula is C27H24ClF2N3O4. The van der Waals surface area contributed by atoms with Crippen LogP contribution < -0.4 is 15.5 Å². The van der Waals surface area contributed by atoms with Crippen molar-refractivity contribution in [2.45, 2.75) is 38.5 Å². The summed E-state index contributed by atoms with van der Waals surface area (Å²) in [4.78, 5) is 41.7. The lowest BCUT2D eigenvalue weighted by atomic mass is 10.1. The average molecular weight is 528 g/mol. The van der Waals surface area contributed by atoms with E-state index in [1.54, 1.807) is 9.47 Å². The minimum atomic E-state index is -0.986. The number of hydrogen-bond donors (Lipinski definition) is 1. The van der Waals surface area contributed by atoms with E-state index in [1.807, 2.05) is 30.3 Å². The van der Waals surface area contributed by atoms with Crippen molar-refractivity contribution in [3.63, 3.8) is 0 Å². The number of fused-ring (bicyclic) bond motifs is 4. The van der Waals surface area contributed by atoms with Gasteiger partial charge < -0.3 is 19.5 Å². The van der Waals surface area contributed by atoms with Gasteiger partial charge in [-0.1, -0.05) is 48.0 Å². The first-order valence-electron chi connectivity index (χ1n) is 12.0. The first-order valence-corrected chi connectivity index (χ1v) is 12.4. The molecule has 2 amide bonds. The smallest absolute Gasteiger partial charge is 0.274 e. The number of nitrogens with zero attached hydrogens (tertiary/aromatic N) is 2. The van der Waals surface area contributed by atoms with Crippen LogP contribution in [0.4, 0.5) is 8.78 Å². The molecule has 1 unspecified atom stereocenters. The van der Waals surface area contributed by atoms with E-state index in [1.165, 1.54) is 12.3 Å². The lowest BCUT2D eigenvalue weighted by Crippen LogP contribution is -2.44. The van der Waals surface area contributed by atoms with Gasteiger partial charge in [0, 0.05) is 31.4 Å². The number of nitrogens with one attached hydrogen (secondary N) is 1. The highest BCUT2D eigenvalue weighted by Crippen LogP contribution is 2.32. The van der Waals surface area contributed by atoms with Crippen molar-refractivity contribution in [1.29, 1.82) is 0 Å². The average Bonchev–Trinajstić information content (AvgIpc) is 3.13. The molecule has 0 spiro atoms. The van der Waals surface area contributed by atoms with E-state index in [0.29, 0.717) is 13.1 Å². The number of amides is 2. The number of hydrogen-bond acceptors (Lipinski definition) is 4. The maximum Gasteiger partial charge on any atom is 0.274 e. The molecule has 1 fully saturated rings. The van der Waals surface area contributed by atoms with Crippen LogP contribution in [0.5, 0.6) is 5.75 Å². The van der Waals surface area contributed by atoms with Crippen molar-refractivity contribution < 1.29 is 23.1 Å². The first kappa shape index (κ1) is 25.0. The van der Waals surface area contributed by atoms with Crippen LogP contribution in [0.1, 0.15) is 57.3 Å². The Hall–Kier alpha value is -3.72. The highest BCUT2D eigenvalue weighted by molar-refractivity contribution is 6.30.